The Morgan fingerprint density at radius 2 is 1.88 bits per heavy atom. The van der Waals surface area contributed by atoms with Crippen LogP contribution in [0.2, 0.25) is 0 Å². The van der Waals surface area contributed by atoms with Crippen LogP contribution in [0.1, 0.15) is 44.9 Å². The molecule has 1 aromatic rings. The minimum Gasteiger partial charge on any atom is -0.343 e. The van der Waals surface area contributed by atoms with Crippen LogP contribution in [0, 0.1) is 17.8 Å². The van der Waals surface area contributed by atoms with Gasteiger partial charge in [0.05, 0.1) is 0 Å². The van der Waals surface area contributed by atoms with E-state index in [2.05, 4.69) is 26.1 Å². The fourth-order valence-corrected chi connectivity index (χ4v) is 5.69. The van der Waals surface area contributed by atoms with E-state index in [0.29, 0.717) is 23.8 Å². The minimum atomic E-state index is 0.204. The van der Waals surface area contributed by atoms with Gasteiger partial charge in [-0.25, -0.2) is 4.98 Å². The molecule has 2 aliphatic carbocycles. The molecule has 7 heteroatoms. The number of aromatic nitrogens is 2. The lowest BCUT2D eigenvalue weighted by atomic mass is 9.65. The van der Waals surface area contributed by atoms with Crippen molar-refractivity contribution in [3.63, 3.8) is 0 Å². The van der Waals surface area contributed by atoms with Crippen LogP contribution in [0.15, 0.2) is 0 Å². The lowest BCUT2D eigenvalue weighted by Crippen LogP contribution is -2.53. The second-order valence-electron chi connectivity index (χ2n) is 7.86. The zero-order chi connectivity index (χ0) is 17.4. The quantitative estimate of drug-likeness (QED) is 0.888. The monoisotopic (exact) mass is 363 g/mol. The van der Waals surface area contributed by atoms with E-state index in [1.54, 1.807) is 0 Å². The second kappa shape index (κ2) is 7.19. The summed E-state index contributed by atoms with van der Waals surface area (Å²) in [5.41, 5.74) is 6.38. The minimum absolute atomic E-state index is 0.204. The van der Waals surface area contributed by atoms with Crippen molar-refractivity contribution in [1.82, 2.24) is 14.3 Å². The summed E-state index contributed by atoms with van der Waals surface area (Å²) in [6.45, 7) is 5.41. The van der Waals surface area contributed by atoms with E-state index >= 15 is 0 Å². The van der Waals surface area contributed by atoms with Crippen LogP contribution >= 0.6 is 11.5 Å². The van der Waals surface area contributed by atoms with Gasteiger partial charge >= 0.3 is 0 Å². The summed E-state index contributed by atoms with van der Waals surface area (Å²) in [7, 11) is 0. The molecule has 2 atom stereocenters. The summed E-state index contributed by atoms with van der Waals surface area (Å²) < 4.78 is 4.37. The van der Waals surface area contributed by atoms with Gasteiger partial charge in [0.1, 0.15) is 5.82 Å². The maximum absolute atomic E-state index is 13.0. The van der Waals surface area contributed by atoms with Crippen LogP contribution in [0.5, 0.6) is 0 Å². The van der Waals surface area contributed by atoms with Gasteiger partial charge in [-0.1, -0.05) is 13.3 Å². The second-order valence-corrected chi connectivity index (χ2v) is 8.59. The van der Waals surface area contributed by atoms with Crippen LogP contribution in [0.4, 0.5) is 5.13 Å². The third-order valence-corrected chi connectivity index (χ3v) is 7.21. The zero-order valence-corrected chi connectivity index (χ0v) is 15.9. The van der Waals surface area contributed by atoms with Crippen molar-refractivity contribution >= 4 is 22.6 Å². The van der Waals surface area contributed by atoms with E-state index in [1.165, 1.54) is 30.8 Å². The fraction of sp³-hybridized carbons (Fsp3) is 0.833. The first-order valence-electron chi connectivity index (χ1n) is 9.77. The number of rotatable bonds is 3. The number of anilines is 1. The number of nitrogens with two attached hydrogens (primary N) is 1. The molecule has 1 aliphatic heterocycles. The Kier molecular flexibility index (Phi) is 4.95. The highest BCUT2D eigenvalue weighted by molar-refractivity contribution is 7.09. The summed E-state index contributed by atoms with van der Waals surface area (Å²) in [5, 5.41) is 1.00. The van der Waals surface area contributed by atoms with Crippen LogP contribution in [0.25, 0.3) is 0 Å². The molecule has 2 unspecified atom stereocenters. The van der Waals surface area contributed by atoms with Crippen molar-refractivity contribution in [2.75, 3.05) is 31.1 Å². The van der Waals surface area contributed by atoms with Gasteiger partial charge in [-0.05, 0) is 37.5 Å². The Morgan fingerprint density at radius 1 is 1.20 bits per heavy atom. The molecule has 2 heterocycles. The zero-order valence-electron chi connectivity index (χ0n) is 15.1. The summed E-state index contributed by atoms with van der Waals surface area (Å²) in [5.74, 6) is 2.63. The lowest BCUT2D eigenvalue weighted by molar-refractivity contribution is -0.138. The van der Waals surface area contributed by atoms with E-state index < -0.39 is 0 Å². The van der Waals surface area contributed by atoms with Gasteiger partial charge in [0.15, 0.2) is 0 Å². The van der Waals surface area contributed by atoms with Gasteiger partial charge in [-0.15, -0.1) is 0 Å². The Morgan fingerprint density at radius 3 is 2.48 bits per heavy atom. The number of aryl methyl sites for hydroxylation is 1. The molecule has 2 saturated carbocycles. The highest BCUT2D eigenvalue weighted by Gasteiger charge is 2.42. The number of hydrogen-bond donors (Lipinski definition) is 1. The van der Waals surface area contributed by atoms with E-state index in [4.69, 9.17) is 5.73 Å². The van der Waals surface area contributed by atoms with Gasteiger partial charge < -0.3 is 15.5 Å². The molecule has 1 amide bonds. The first kappa shape index (κ1) is 17.2. The molecule has 0 radical (unpaired) electrons. The van der Waals surface area contributed by atoms with Crippen molar-refractivity contribution in [2.24, 2.45) is 23.5 Å². The van der Waals surface area contributed by atoms with Gasteiger partial charge in [-0.3, -0.25) is 4.79 Å². The molecule has 6 nitrogen and oxygen atoms in total. The largest absolute Gasteiger partial charge is 0.343 e. The highest BCUT2D eigenvalue weighted by Crippen LogP contribution is 2.42. The SMILES string of the molecule is CCc1nsc(N2CCN(C(=O)C3CC4CCCC(C3)C4N)CC2)n1. The first-order chi connectivity index (χ1) is 12.2. The summed E-state index contributed by atoms with van der Waals surface area (Å²) in [4.78, 5) is 21.9. The average Bonchev–Trinajstić information content (AvgIpc) is 3.10. The summed E-state index contributed by atoms with van der Waals surface area (Å²) in [6, 6.07) is 0.333. The van der Waals surface area contributed by atoms with E-state index in [9.17, 15) is 4.79 Å². The Labute approximate surface area is 153 Å². The predicted octanol–water partition coefficient (Wildman–Crippen LogP) is 1.90. The molecular weight excluding hydrogens is 334 g/mol. The number of fused-ring (bicyclic) bond motifs is 2. The number of carbonyl (C=O) groups is 1. The van der Waals surface area contributed by atoms with Gasteiger partial charge in [0, 0.05) is 56.1 Å². The highest BCUT2D eigenvalue weighted by atomic mass is 32.1. The Balaban J connectivity index is 1.33. The van der Waals surface area contributed by atoms with E-state index in [-0.39, 0.29) is 5.92 Å². The number of carbonyl (C=O) groups excluding carboxylic acids is 1. The van der Waals surface area contributed by atoms with Crippen LogP contribution < -0.4 is 10.6 Å². The van der Waals surface area contributed by atoms with E-state index in [0.717, 1.165) is 56.4 Å². The molecule has 25 heavy (non-hydrogen) atoms. The first-order valence-corrected chi connectivity index (χ1v) is 10.5. The Hall–Kier alpha value is -1.21. The maximum atomic E-state index is 13.0. The number of piperazine rings is 1. The molecule has 4 rings (SSSR count). The summed E-state index contributed by atoms with van der Waals surface area (Å²) in [6.07, 6.45) is 6.61. The molecule has 2 N–H and O–H groups in total. The van der Waals surface area contributed by atoms with Gasteiger partial charge in [-0.2, -0.15) is 4.37 Å². The third-order valence-electron chi connectivity index (χ3n) is 6.40. The summed E-state index contributed by atoms with van der Waals surface area (Å²) >= 11 is 1.48. The van der Waals surface area contributed by atoms with Crippen molar-refractivity contribution in [1.29, 1.82) is 0 Å². The molecule has 0 spiro atoms. The van der Waals surface area contributed by atoms with Crippen LogP contribution in [0.3, 0.4) is 0 Å². The van der Waals surface area contributed by atoms with E-state index in [1.807, 2.05) is 0 Å². The molecule has 1 saturated heterocycles. The number of nitrogens with zero attached hydrogens (tertiary/aromatic N) is 4. The van der Waals surface area contributed by atoms with Crippen molar-refractivity contribution in [3.8, 4) is 0 Å². The molecular formula is C18H29N5OS. The molecule has 0 aromatic carbocycles. The van der Waals surface area contributed by atoms with Gasteiger partial charge in [0.2, 0.25) is 11.0 Å². The molecule has 1 aromatic heterocycles. The Bertz CT molecular complexity index is 598. The fourth-order valence-electron chi connectivity index (χ4n) is 4.88. The smallest absolute Gasteiger partial charge is 0.225 e. The van der Waals surface area contributed by atoms with Crippen molar-refractivity contribution in [3.05, 3.63) is 5.82 Å². The standard InChI is InChI=1S/C18H29N5OS/c1-2-15-20-18(25-21-15)23-8-6-22(7-9-23)17(24)14-10-12-4-3-5-13(11-14)16(12)19/h12-14,16H,2-11,19H2,1H3. The van der Waals surface area contributed by atoms with Crippen molar-refractivity contribution in [2.45, 2.75) is 51.5 Å². The molecule has 3 aliphatic rings. The maximum Gasteiger partial charge on any atom is 0.225 e. The molecule has 138 valence electrons. The average molecular weight is 364 g/mol. The topological polar surface area (TPSA) is 75.4 Å². The predicted molar refractivity (Wildman–Crippen MR) is 99.6 cm³/mol. The van der Waals surface area contributed by atoms with Crippen LogP contribution in [-0.4, -0.2) is 52.4 Å². The van der Waals surface area contributed by atoms with Crippen LogP contribution in [-0.2, 0) is 11.2 Å². The number of hydrogen-bond acceptors (Lipinski definition) is 6. The van der Waals surface area contributed by atoms with Crippen molar-refractivity contribution < 1.29 is 4.79 Å². The molecule has 2 bridgehead atoms. The number of amides is 1. The normalized spacial score (nSPS) is 32.7. The molecule has 3 fully saturated rings. The third kappa shape index (κ3) is 3.40. The lowest BCUT2D eigenvalue weighted by Gasteiger charge is -2.45. The van der Waals surface area contributed by atoms with Gasteiger partial charge in [0.25, 0.3) is 0 Å².